The van der Waals surface area contributed by atoms with Crippen LogP contribution in [0, 0.1) is 13.8 Å². The molecule has 0 saturated carbocycles. The normalized spacial score (nSPS) is 10.6. The fourth-order valence-corrected chi connectivity index (χ4v) is 1.45. The summed E-state index contributed by atoms with van der Waals surface area (Å²) in [6.07, 6.45) is 6.50. The molecule has 3 heteroatoms. The number of hydrogen-bond acceptors (Lipinski definition) is 2. The van der Waals surface area contributed by atoms with Gasteiger partial charge in [-0.25, -0.2) is 4.98 Å². The van der Waals surface area contributed by atoms with Crippen LogP contribution in [0.15, 0.2) is 18.6 Å². The number of aldehydes is 1. The number of carbonyl (C=O) groups is 1. The van der Waals surface area contributed by atoms with Gasteiger partial charge in [0.15, 0.2) is 6.29 Å². The molecule has 0 amide bonds. The van der Waals surface area contributed by atoms with Crippen LogP contribution >= 0.6 is 0 Å². The molecule has 2 aromatic rings. The third-order valence-electron chi connectivity index (χ3n) is 2.09. The molecular weight excluding hydrogens is 164 g/mol. The molecule has 0 unspecified atom stereocenters. The Hall–Kier alpha value is -1.64. The number of fused-ring (bicyclic) bond motifs is 1. The van der Waals surface area contributed by atoms with Gasteiger partial charge in [-0.1, -0.05) is 0 Å². The first kappa shape index (κ1) is 7.98. The summed E-state index contributed by atoms with van der Waals surface area (Å²) in [5.41, 5.74) is 3.46. The van der Waals surface area contributed by atoms with E-state index in [0.717, 1.165) is 23.1 Å². The quantitative estimate of drug-likeness (QED) is 0.617. The zero-order valence-corrected chi connectivity index (χ0v) is 7.61. The highest BCUT2D eigenvalue weighted by Gasteiger charge is 2.06. The van der Waals surface area contributed by atoms with Gasteiger partial charge in [-0.05, 0) is 25.0 Å². The van der Waals surface area contributed by atoms with Gasteiger partial charge < -0.3 is 4.40 Å². The fourth-order valence-electron chi connectivity index (χ4n) is 1.45. The zero-order valence-electron chi connectivity index (χ0n) is 7.61. The summed E-state index contributed by atoms with van der Waals surface area (Å²) in [4.78, 5) is 14.9. The number of hydrogen-bond donors (Lipinski definition) is 0. The van der Waals surface area contributed by atoms with Crippen LogP contribution in [0.1, 0.15) is 21.5 Å². The Morgan fingerprint density at radius 3 is 2.85 bits per heavy atom. The van der Waals surface area contributed by atoms with E-state index >= 15 is 0 Å². The monoisotopic (exact) mass is 174 g/mol. The number of aromatic nitrogens is 2. The third kappa shape index (κ3) is 1.13. The van der Waals surface area contributed by atoms with E-state index < -0.39 is 0 Å². The van der Waals surface area contributed by atoms with E-state index in [1.807, 2.05) is 30.6 Å². The molecule has 2 aromatic heterocycles. The van der Waals surface area contributed by atoms with Gasteiger partial charge in [-0.3, -0.25) is 4.79 Å². The van der Waals surface area contributed by atoms with Gasteiger partial charge in [0.25, 0.3) is 0 Å². The first-order chi connectivity index (χ1) is 6.22. The minimum absolute atomic E-state index is 0.681. The Kier molecular flexibility index (Phi) is 1.65. The van der Waals surface area contributed by atoms with E-state index in [9.17, 15) is 4.79 Å². The van der Waals surface area contributed by atoms with Crippen molar-refractivity contribution in [1.82, 2.24) is 9.38 Å². The van der Waals surface area contributed by atoms with Gasteiger partial charge in [0, 0.05) is 18.6 Å². The van der Waals surface area contributed by atoms with Gasteiger partial charge >= 0.3 is 0 Å². The van der Waals surface area contributed by atoms with Crippen LogP contribution in [0.2, 0.25) is 0 Å². The Balaban J connectivity index is 2.86. The highest BCUT2D eigenvalue weighted by Crippen LogP contribution is 2.13. The molecule has 0 aliphatic carbocycles. The van der Waals surface area contributed by atoms with E-state index in [-0.39, 0.29) is 0 Å². The molecular formula is C10H10N2O. The molecule has 0 spiro atoms. The number of nitrogens with zero attached hydrogens (tertiary/aromatic N) is 2. The Bertz CT molecular complexity index is 471. The van der Waals surface area contributed by atoms with Gasteiger partial charge in [-0.2, -0.15) is 0 Å². The van der Waals surface area contributed by atoms with E-state index in [1.54, 1.807) is 6.20 Å². The molecule has 3 nitrogen and oxygen atoms in total. The second-order valence-corrected chi connectivity index (χ2v) is 3.21. The van der Waals surface area contributed by atoms with Crippen molar-refractivity contribution in [1.29, 1.82) is 0 Å². The van der Waals surface area contributed by atoms with Crippen LogP contribution in [-0.4, -0.2) is 15.7 Å². The molecule has 0 aromatic carbocycles. The van der Waals surface area contributed by atoms with Gasteiger partial charge in [-0.15, -0.1) is 0 Å². The van der Waals surface area contributed by atoms with Crippen LogP contribution < -0.4 is 0 Å². The Labute approximate surface area is 76.0 Å². The van der Waals surface area contributed by atoms with Gasteiger partial charge in [0.1, 0.15) is 5.65 Å². The smallest absolute Gasteiger partial charge is 0.154 e. The molecule has 66 valence electrons. The molecule has 0 radical (unpaired) electrons. The minimum atomic E-state index is 0.681. The van der Waals surface area contributed by atoms with E-state index in [4.69, 9.17) is 0 Å². The van der Waals surface area contributed by atoms with Crippen LogP contribution in [-0.2, 0) is 0 Å². The molecule has 0 fully saturated rings. The molecule has 0 bridgehead atoms. The number of rotatable bonds is 1. The summed E-state index contributed by atoms with van der Waals surface area (Å²) in [6, 6.07) is 0. The molecule has 0 N–H and O–H groups in total. The largest absolute Gasteiger partial charge is 0.307 e. The fraction of sp³-hybridized carbons (Fsp3) is 0.200. The second-order valence-electron chi connectivity index (χ2n) is 3.21. The van der Waals surface area contributed by atoms with Crippen molar-refractivity contribution in [3.05, 3.63) is 35.3 Å². The standard InChI is InChI=1S/C10H10N2O/c1-7-3-11-10-9(6-13)8(2)5-12(10)4-7/h3-6H,1-2H3. The number of carbonyl (C=O) groups excluding carboxylic acids is 1. The highest BCUT2D eigenvalue weighted by atomic mass is 16.1. The predicted molar refractivity (Wildman–Crippen MR) is 50.1 cm³/mol. The first-order valence-corrected chi connectivity index (χ1v) is 4.11. The van der Waals surface area contributed by atoms with Crippen molar-refractivity contribution in [2.45, 2.75) is 13.8 Å². The maximum Gasteiger partial charge on any atom is 0.154 e. The maximum absolute atomic E-state index is 10.7. The minimum Gasteiger partial charge on any atom is -0.307 e. The maximum atomic E-state index is 10.7. The van der Waals surface area contributed by atoms with E-state index in [1.165, 1.54) is 0 Å². The van der Waals surface area contributed by atoms with Crippen molar-refractivity contribution < 1.29 is 4.79 Å². The van der Waals surface area contributed by atoms with Crippen LogP contribution in [0.4, 0.5) is 0 Å². The predicted octanol–water partition coefficient (Wildman–Crippen LogP) is 1.76. The molecule has 0 aliphatic heterocycles. The summed E-state index contributed by atoms with van der Waals surface area (Å²) in [6.45, 7) is 3.89. The van der Waals surface area contributed by atoms with Crippen LogP contribution in [0.25, 0.3) is 5.65 Å². The molecule has 2 heterocycles. The zero-order chi connectivity index (χ0) is 9.42. The van der Waals surface area contributed by atoms with Crippen molar-refractivity contribution in [3.63, 3.8) is 0 Å². The molecule has 13 heavy (non-hydrogen) atoms. The lowest BCUT2D eigenvalue weighted by molar-refractivity contribution is 0.112. The summed E-state index contributed by atoms with van der Waals surface area (Å²) < 4.78 is 1.88. The van der Waals surface area contributed by atoms with Gasteiger partial charge in [0.05, 0.1) is 5.56 Å². The Morgan fingerprint density at radius 2 is 2.15 bits per heavy atom. The third-order valence-corrected chi connectivity index (χ3v) is 2.09. The molecule has 2 rings (SSSR count). The Morgan fingerprint density at radius 1 is 1.38 bits per heavy atom. The van der Waals surface area contributed by atoms with Crippen LogP contribution in [0.3, 0.4) is 0 Å². The summed E-state index contributed by atoms with van der Waals surface area (Å²) in [5, 5.41) is 0. The lowest BCUT2D eigenvalue weighted by Gasteiger charge is -1.95. The average molecular weight is 174 g/mol. The molecule has 0 atom stereocenters. The first-order valence-electron chi connectivity index (χ1n) is 4.11. The van der Waals surface area contributed by atoms with Crippen LogP contribution in [0.5, 0.6) is 0 Å². The van der Waals surface area contributed by atoms with Gasteiger partial charge in [0.2, 0.25) is 0 Å². The van der Waals surface area contributed by atoms with Crippen molar-refractivity contribution in [2.24, 2.45) is 0 Å². The lowest BCUT2D eigenvalue weighted by atomic mass is 10.2. The topological polar surface area (TPSA) is 34.4 Å². The average Bonchev–Trinajstić information content (AvgIpc) is 2.39. The summed E-state index contributed by atoms with van der Waals surface area (Å²) >= 11 is 0. The van der Waals surface area contributed by atoms with E-state index in [2.05, 4.69) is 4.98 Å². The van der Waals surface area contributed by atoms with Crippen molar-refractivity contribution in [2.75, 3.05) is 0 Å². The number of aryl methyl sites for hydroxylation is 2. The summed E-state index contributed by atoms with van der Waals surface area (Å²) in [7, 11) is 0. The van der Waals surface area contributed by atoms with Crippen molar-refractivity contribution in [3.8, 4) is 0 Å². The lowest BCUT2D eigenvalue weighted by Crippen LogP contribution is -1.89. The van der Waals surface area contributed by atoms with E-state index in [0.29, 0.717) is 5.56 Å². The highest BCUT2D eigenvalue weighted by molar-refractivity contribution is 5.86. The van der Waals surface area contributed by atoms with Crippen molar-refractivity contribution >= 4 is 11.9 Å². The molecule has 0 saturated heterocycles. The second kappa shape index (κ2) is 2.69. The summed E-state index contributed by atoms with van der Waals surface area (Å²) in [5.74, 6) is 0. The SMILES string of the molecule is Cc1cnc2c(C=O)c(C)cn2c1. The molecule has 0 aliphatic rings.